The molecule has 4 aromatic carbocycles. The van der Waals surface area contributed by atoms with Crippen LogP contribution in [-0.2, 0) is 34.7 Å². The zero-order valence-electron chi connectivity index (χ0n) is 42.8. The summed E-state index contributed by atoms with van der Waals surface area (Å²) in [5.41, 5.74) is 2.89. The van der Waals surface area contributed by atoms with E-state index in [-0.39, 0.29) is 72.5 Å². The Bertz CT molecular complexity index is 3480. The minimum atomic E-state index is -4.50. The molecule has 412 valence electrons. The number of hydrogen-bond donors (Lipinski definition) is 5. The first-order valence-electron chi connectivity index (χ1n) is 25.2. The number of ether oxygens (including phenoxy) is 4. The quantitative estimate of drug-likeness (QED) is 0.0350. The summed E-state index contributed by atoms with van der Waals surface area (Å²) in [5, 5.41) is 16.3. The number of piperidine rings is 1. The predicted molar refractivity (Wildman–Crippen MR) is 283 cm³/mol. The first kappa shape index (κ1) is 55.5. The van der Waals surface area contributed by atoms with Crippen LogP contribution >= 0.6 is 11.3 Å². The Hall–Kier alpha value is -8.29. The number of aromatic amines is 2. The van der Waals surface area contributed by atoms with E-state index in [2.05, 4.69) is 31.1 Å². The average Bonchev–Trinajstić information content (AvgIpc) is 4.32. The fourth-order valence-corrected chi connectivity index (χ4v) is 10.1. The summed E-state index contributed by atoms with van der Waals surface area (Å²) < 4.78 is 64.8. The molecule has 3 aromatic heterocycles. The fourth-order valence-electron chi connectivity index (χ4n) is 9.35. The van der Waals surface area contributed by atoms with Crippen LogP contribution in [-0.4, -0.2) is 131 Å². The molecule has 0 radical (unpaired) electrons. The smallest absolute Gasteiger partial charge is 0.382 e. The summed E-state index contributed by atoms with van der Waals surface area (Å²) in [6, 6.07) is 23.9. The van der Waals surface area contributed by atoms with Crippen molar-refractivity contribution >= 4 is 46.6 Å². The third kappa shape index (κ3) is 12.4. The largest absolute Gasteiger partial charge is 0.416 e. The molecule has 2 aliphatic rings. The van der Waals surface area contributed by atoms with E-state index in [0.717, 1.165) is 28.4 Å². The van der Waals surface area contributed by atoms with Gasteiger partial charge in [0.2, 0.25) is 16.9 Å². The van der Waals surface area contributed by atoms with Crippen molar-refractivity contribution in [3.05, 3.63) is 173 Å². The maximum atomic E-state index is 14.5. The van der Waals surface area contributed by atoms with Crippen molar-refractivity contribution in [3.8, 4) is 22.1 Å². The molecular formula is C55H54F3N9O11S. The average molecular weight is 1110 g/mol. The molecule has 0 bridgehead atoms. The number of halogens is 3. The number of imide groups is 2. The van der Waals surface area contributed by atoms with E-state index in [0.29, 0.717) is 90.3 Å². The molecule has 2 unspecified atom stereocenters. The van der Waals surface area contributed by atoms with Gasteiger partial charge in [-0.15, -0.1) is 11.3 Å². The van der Waals surface area contributed by atoms with Crippen molar-refractivity contribution in [1.29, 1.82) is 0 Å². The normalized spacial score (nSPS) is 14.9. The minimum Gasteiger partial charge on any atom is -0.382 e. The molecule has 20 nitrogen and oxygen atoms in total. The number of aryl methyl sites for hydroxylation is 2. The Morgan fingerprint density at radius 1 is 0.722 bits per heavy atom. The summed E-state index contributed by atoms with van der Waals surface area (Å²) in [6.07, 6.45) is -4.39. The Balaban J connectivity index is 0.713. The molecule has 5 heterocycles. The number of H-pyrrole nitrogens is 2. The Morgan fingerprint density at radius 3 is 1.96 bits per heavy atom. The molecule has 0 saturated carbocycles. The molecule has 0 aliphatic carbocycles. The summed E-state index contributed by atoms with van der Waals surface area (Å²) >= 11 is 1.12. The molecular weight excluding hydrogens is 1050 g/mol. The number of nitrogens with one attached hydrogen (secondary N) is 5. The molecule has 2 atom stereocenters. The van der Waals surface area contributed by atoms with E-state index in [9.17, 15) is 46.7 Å². The maximum Gasteiger partial charge on any atom is 0.416 e. The second-order valence-corrected chi connectivity index (χ2v) is 19.2. The van der Waals surface area contributed by atoms with Crippen molar-refractivity contribution in [2.45, 2.75) is 44.8 Å². The van der Waals surface area contributed by atoms with Gasteiger partial charge in [0.1, 0.15) is 6.04 Å². The van der Waals surface area contributed by atoms with Gasteiger partial charge in [0.15, 0.2) is 0 Å². The summed E-state index contributed by atoms with van der Waals surface area (Å²) in [7, 11) is 0. The van der Waals surface area contributed by atoms with Crippen LogP contribution in [0.25, 0.3) is 22.1 Å². The number of carbonyl (C=O) groups is 5. The zero-order chi connectivity index (χ0) is 55.8. The second kappa shape index (κ2) is 24.6. The van der Waals surface area contributed by atoms with Crippen LogP contribution in [0.4, 0.5) is 18.9 Å². The summed E-state index contributed by atoms with van der Waals surface area (Å²) in [6.45, 7) is 6.28. The number of para-hydroxylation sites is 1. The molecule has 7 aromatic rings. The van der Waals surface area contributed by atoms with E-state index < -0.39 is 52.9 Å². The molecule has 1 fully saturated rings. The number of aromatic nitrogens is 5. The molecule has 5 amide bonds. The summed E-state index contributed by atoms with van der Waals surface area (Å²) in [4.78, 5) is 97.9. The SMILES string of the molecule is Cc1[nH]n(-c2ccccc2)c(=O)c1C(c1ccc(C(=O)NCCOCCOCCOCCOCCNc2cccc3c2C(=O)N(C2CCC(=O)NC2=O)C3=O)cc1)c1c(C)[nH]n(-c2nc(-c3ccc(C(F)(F)F)cc3)cs2)c1=O. The van der Waals surface area contributed by atoms with Gasteiger partial charge in [-0.25, -0.2) is 9.67 Å². The van der Waals surface area contributed by atoms with E-state index >= 15 is 0 Å². The first-order valence-corrected chi connectivity index (χ1v) is 26.1. The Morgan fingerprint density at radius 2 is 1.33 bits per heavy atom. The third-order valence-corrected chi connectivity index (χ3v) is 14.0. The lowest BCUT2D eigenvalue weighted by Gasteiger charge is -2.27. The molecule has 2 aliphatic heterocycles. The van der Waals surface area contributed by atoms with E-state index in [1.807, 2.05) is 6.07 Å². The fraction of sp³-hybridized carbons (Fsp3) is 0.309. The lowest BCUT2D eigenvalue weighted by atomic mass is 9.85. The van der Waals surface area contributed by atoms with Crippen LogP contribution in [0.3, 0.4) is 0 Å². The lowest BCUT2D eigenvalue weighted by molar-refractivity contribution is -0.138. The van der Waals surface area contributed by atoms with Crippen molar-refractivity contribution in [2.24, 2.45) is 0 Å². The van der Waals surface area contributed by atoms with Gasteiger partial charge in [-0.05, 0) is 74.4 Å². The lowest BCUT2D eigenvalue weighted by Crippen LogP contribution is -2.54. The standard InChI is InChI=1S/C55H54F3N9O11S/c1-32-44(52(73)66(63-32)38-7-4-3-5-8-38)46(45-33(2)64-67(53(45)74)54-61-41(31-79-54)34-15-17-37(18-16-34)55(56,57)58)35-11-13-36(14-12-35)48(69)60-22-24-76-26-28-78-30-29-77-27-25-75-23-21-59-40-10-6-9-39-47(40)51(72)65(50(39)71)42-19-20-43(68)62-49(42)70/h3-18,31,42,46,59,63-64H,19-30H2,1-2H3,(H,60,69)(H,62,68,70). The van der Waals surface area contributed by atoms with Gasteiger partial charge in [-0.2, -0.15) is 17.9 Å². The van der Waals surface area contributed by atoms with Gasteiger partial charge in [-0.1, -0.05) is 48.5 Å². The topological polar surface area (TPSA) is 250 Å². The minimum absolute atomic E-state index is 0.0339. The Labute approximate surface area is 452 Å². The number of anilines is 1. The molecule has 79 heavy (non-hydrogen) atoms. The highest BCUT2D eigenvalue weighted by molar-refractivity contribution is 7.12. The number of nitrogens with zero attached hydrogens (tertiary/aromatic N) is 4. The van der Waals surface area contributed by atoms with Gasteiger partial charge in [0.25, 0.3) is 28.8 Å². The number of rotatable bonds is 24. The molecule has 24 heteroatoms. The second-order valence-electron chi connectivity index (χ2n) is 18.4. The predicted octanol–water partition coefficient (Wildman–Crippen LogP) is 5.89. The number of thiazole rings is 1. The monoisotopic (exact) mass is 1110 g/mol. The first-order chi connectivity index (χ1) is 38.1. The van der Waals surface area contributed by atoms with Crippen LogP contribution in [0.2, 0.25) is 0 Å². The van der Waals surface area contributed by atoms with E-state index in [1.165, 1.54) is 27.6 Å². The number of fused-ring (bicyclic) bond motifs is 1. The number of carbonyl (C=O) groups excluding carboxylic acids is 5. The van der Waals surface area contributed by atoms with Crippen molar-refractivity contribution in [3.63, 3.8) is 0 Å². The van der Waals surface area contributed by atoms with E-state index in [1.54, 1.807) is 79.9 Å². The van der Waals surface area contributed by atoms with Crippen LogP contribution in [0.5, 0.6) is 0 Å². The number of alkyl halides is 3. The van der Waals surface area contributed by atoms with Crippen molar-refractivity contribution < 1.29 is 56.1 Å². The van der Waals surface area contributed by atoms with Gasteiger partial charge in [-0.3, -0.25) is 54.0 Å². The molecule has 9 rings (SSSR count). The Kier molecular flexibility index (Phi) is 17.3. The van der Waals surface area contributed by atoms with Gasteiger partial charge >= 0.3 is 6.18 Å². The number of hydrogen-bond acceptors (Lipinski definition) is 14. The van der Waals surface area contributed by atoms with Gasteiger partial charge in [0.05, 0.1) is 92.1 Å². The molecule has 1 saturated heterocycles. The van der Waals surface area contributed by atoms with Crippen molar-refractivity contribution in [2.75, 3.05) is 71.3 Å². The van der Waals surface area contributed by atoms with Crippen LogP contribution in [0.15, 0.2) is 112 Å². The molecule has 0 spiro atoms. The van der Waals surface area contributed by atoms with Crippen LogP contribution in [0, 0.1) is 13.8 Å². The highest BCUT2D eigenvalue weighted by Gasteiger charge is 2.45. The van der Waals surface area contributed by atoms with E-state index in [4.69, 9.17) is 18.9 Å². The summed E-state index contributed by atoms with van der Waals surface area (Å²) in [5.74, 6) is -3.58. The number of amides is 5. The maximum absolute atomic E-state index is 14.5. The van der Waals surface area contributed by atoms with Gasteiger partial charge < -0.3 is 29.6 Å². The van der Waals surface area contributed by atoms with Gasteiger partial charge in [0, 0.05) is 59.0 Å². The highest BCUT2D eigenvalue weighted by atomic mass is 32.1. The van der Waals surface area contributed by atoms with Crippen LogP contribution in [0.1, 0.15) is 83.5 Å². The van der Waals surface area contributed by atoms with Crippen LogP contribution < -0.4 is 27.1 Å². The van der Waals surface area contributed by atoms with Crippen molar-refractivity contribution in [1.82, 2.24) is 40.1 Å². The molecule has 5 N–H and O–H groups in total. The third-order valence-electron chi connectivity index (χ3n) is 13.2. The zero-order valence-corrected chi connectivity index (χ0v) is 43.6. The highest BCUT2D eigenvalue weighted by Crippen LogP contribution is 2.36. The number of benzene rings is 4.